The maximum absolute atomic E-state index is 11.7. The Hall–Kier alpha value is -1.88. The molecule has 0 spiro atoms. The predicted octanol–water partition coefficient (Wildman–Crippen LogP) is 2.39. The number of nitrogens with two attached hydrogens (primary N) is 1. The Morgan fingerprint density at radius 1 is 1.47 bits per heavy atom. The topological polar surface area (TPSA) is 65.2 Å². The number of pyridine rings is 1. The van der Waals surface area contributed by atoms with Crippen molar-refractivity contribution in [3.8, 4) is 0 Å². The molecule has 2 rings (SSSR count). The Balaban J connectivity index is 1.98. The van der Waals surface area contributed by atoms with Gasteiger partial charge in [-0.25, -0.2) is 4.79 Å². The number of nitrogen functional groups attached to an aromatic ring is 1. The molecule has 0 unspecified atom stereocenters. The summed E-state index contributed by atoms with van der Waals surface area (Å²) < 4.78 is 5.17. The van der Waals surface area contributed by atoms with Crippen LogP contribution in [-0.2, 0) is 11.3 Å². The number of rotatable bonds is 3. The maximum atomic E-state index is 11.7. The lowest BCUT2D eigenvalue weighted by molar-refractivity contribution is 0.0478. The highest BCUT2D eigenvalue weighted by Gasteiger charge is 2.12. The summed E-state index contributed by atoms with van der Waals surface area (Å²) in [5.41, 5.74) is 7.22. The van der Waals surface area contributed by atoms with Crippen LogP contribution in [0.5, 0.6) is 0 Å². The van der Waals surface area contributed by atoms with Crippen LogP contribution in [0.2, 0.25) is 0 Å². The Bertz CT molecular complexity index is 503. The third kappa shape index (κ3) is 2.82. The van der Waals surface area contributed by atoms with Crippen LogP contribution >= 0.6 is 11.3 Å². The Labute approximate surface area is 103 Å². The number of hydrogen-bond acceptors (Lipinski definition) is 5. The van der Waals surface area contributed by atoms with Gasteiger partial charge in [0.05, 0.1) is 0 Å². The molecule has 2 heterocycles. The van der Waals surface area contributed by atoms with Crippen molar-refractivity contribution in [1.82, 2.24) is 4.98 Å². The molecule has 0 aromatic carbocycles. The van der Waals surface area contributed by atoms with Crippen LogP contribution in [0.25, 0.3) is 0 Å². The summed E-state index contributed by atoms with van der Waals surface area (Å²) in [6.07, 6.45) is 3.33. The first kappa shape index (κ1) is 11.6. The minimum absolute atomic E-state index is 0.248. The van der Waals surface area contributed by atoms with E-state index >= 15 is 0 Å². The van der Waals surface area contributed by atoms with Crippen LogP contribution in [0, 0.1) is 6.92 Å². The lowest BCUT2D eigenvalue weighted by atomic mass is 10.3. The van der Waals surface area contributed by atoms with Crippen LogP contribution in [0.15, 0.2) is 30.6 Å². The fourth-order valence-electron chi connectivity index (χ4n) is 1.30. The largest absolute Gasteiger partial charge is 0.457 e. The molecule has 2 aromatic heterocycles. The average molecular weight is 248 g/mol. The first-order valence-electron chi connectivity index (χ1n) is 5.09. The number of anilines is 1. The zero-order valence-corrected chi connectivity index (χ0v) is 10.2. The first-order chi connectivity index (χ1) is 8.16. The van der Waals surface area contributed by atoms with Gasteiger partial charge in [-0.05, 0) is 30.7 Å². The molecule has 0 atom stereocenters. The van der Waals surface area contributed by atoms with E-state index in [0.29, 0.717) is 10.6 Å². The van der Waals surface area contributed by atoms with Gasteiger partial charge in [-0.1, -0.05) is 0 Å². The van der Waals surface area contributed by atoms with E-state index in [1.165, 1.54) is 11.3 Å². The summed E-state index contributed by atoms with van der Waals surface area (Å²) in [5, 5.41) is 0. The molecule has 4 nitrogen and oxygen atoms in total. The summed E-state index contributed by atoms with van der Waals surface area (Å²) in [5.74, 6) is -0.341. The van der Waals surface area contributed by atoms with Crippen molar-refractivity contribution in [2.45, 2.75) is 13.5 Å². The Kier molecular flexibility index (Phi) is 3.39. The van der Waals surface area contributed by atoms with Gasteiger partial charge < -0.3 is 10.5 Å². The Morgan fingerprint density at radius 3 is 2.76 bits per heavy atom. The molecule has 2 N–H and O–H groups in total. The third-order valence-corrected chi connectivity index (χ3v) is 3.32. The normalized spacial score (nSPS) is 10.2. The summed E-state index contributed by atoms with van der Waals surface area (Å²) in [6, 6.07) is 5.26. The predicted molar refractivity (Wildman–Crippen MR) is 66.8 cm³/mol. The fraction of sp³-hybridized carbons (Fsp3) is 0.167. The zero-order chi connectivity index (χ0) is 12.3. The maximum Gasteiger partial charge on any atom is 0.348 e. The van der Waals surface area contributed by atoms with Gasteiger partial charge in [-0.2, -0.15) is 0 Å². The van der Waals surface area contributed by atoms with E-state index in [-0.39, 0.29) is 12.6 Å². The minimum Gasteiger partial charge on any atom is -0.457 e. The molecular formula is C12H12N2O2S. The molecule has 0 saturated heterocycles. The van der Waals surface area contributed by atoms with Crippen molar-refractivity contribution >= 4 is 23.0 Å². The van der Waals surface area contributed by atoms with Gasteiger partial charge in [0.1, 0.15) is 11.5 Å². The third-order valence-electron chi connectivity index (χ3n) is 2.28. The second-order valence-corrected chi connectivity index (χ2v) is 4.81. The molecule has 0 bridgehead atoms. The molecular weight excluding hydrogens is 236 g/mol. The van der Waals surface area contributed by atoms with E-state index in [0.717, 1.165) is 10.4 Å². The Morgan fingerprint density at radius 2 is 2.18 bits per heavy atom. The standard InChI is InChI=1S/C12H12N2O2S/c1-8-10(13)6-11(17-8)12(15)16-7-9-2-4-14-5-3-9/h2-6H,7,13H2,1H3. The number of thiophene rings is 1. The molecule has 0 saturated carbocycles. The van der Waals surface area contributed by atoms with Gasteiger partial charge in [0, 0.05) is 23.0 Å². The molecule has 88 valence electrons. The highest BCUT2D eigenvalue weighted by molar-refractivity contribution is 7.14. The number of hydrogen-bond donors (Lipinski definition) is 1. The van der Waals surface area contributed by atoms with E-state index in [1.807, 2.05) is 6.92 Å². The van der Waals surface area contributed by atoms with E-state index in [2.05, 4.69) is 4.98 Å². The van der Waals surface area contributed by atoms with E-state index in [1.54, 1.807) is 30.6 Å². The van der Waals surface area contributed by atoms with E-state index in [4.69, 9.17) is 10.5 Å². The quantitative estimate of drug-likeness (QED) is 0.847. The van der Waals surface area contributed by atoms with Crippen LogP contribution < -0.4 is 5.73 Å². The van der Waals surface area contributed by atoms with Crippen LogP contribution in [0.1, 0.15) is 20.1 Å². The number of esters is 1. The van der Waals surface area contributed by atoms with Gasteiger partial charge in [0.25, 0.3) is 0 Å². The molecule has 2 aromatic rings. The summed E-state index contributed by atoms with van der Waals surface area (Å²) in [7, 11) is 0. The van der Waals surface area contributed by atoms with Crippen LogP contribution in [-0.4, -0.2) is 11.0 Å². The van der Waals surface area contributed by atoms with E-state index < -0.39 is 0 Å². The van der Waals surface area contributed by atoms with Gasteiger partial charge in [0.15, 0.2) is 0 Å². The van der Waals surface area contributed by atoms with Crippen LogP contribution in [0.4, 0.5) is 5.69 Å². The van der Waals surface area contributed by atoms with Crippen molar-refractivity contribution in [1.29, 1.82) is 0 Å². The van der Waals surface area contributed by atoms with Gasteiger partial charge in [-0.15, -0.1) is 11.3 Å². The van der Waals surface area contributed by atoms with Gasteiger partial charge >= 0.3 is 5.97 Å². The second kappa shape index (κ2) is 4.97. The van der Waals surface area contributed by atoms with Crippen molar-refractivity contribution in [2.24, 2.45) is 0 Å². The molecule has 0 radical (unpaired) electrons. The lowest BCUT2D eigenvalue weighted by Gasteiger charge is -2.02. The SMILES string of the molecule is Cc1sc(C(=O)OCc2ccncc2)cc1N. The van der Waals surface area contributed by atoms with Gasteiger partial charge in [-0.3, -0.25) is 4.98 Å². The molecule has 0 aliphatic heterocycles. The van der Waals surface area contributed by atoms with Gasteiger partial charge in [0.2, 0.25) is 0 Å². The highest BCUT2D eigenvalue weighted by atomic mass is 32.1. The van der Waals surface area contributed by atoms with Crippen molar-refractivity contribution in [3.63, 3.8) is 0 Å². The van der Waals surface area contributed by atoms with Crippen molar-refractivity contribution < 1.29 is 9.53 Å². The molecule has 5 heteroatoms. The monoisotopic (exact) mass is 248 g/mol. The fourth-order valence-corrected chi connectivity index (χ4v) is 2.13. The number of carbonyl (C=O) groups is 1. The number of ether oxygens (including phenoxy) is 1. The minimum atomic E-state index is -0.341. The second-order valence-electron chi connectivity index (χ2n) is 3.55. The molecule has 17 heavy (non-hydrogen) atoms. The molecule has 0 aliphatic rings. The average Bonchev–Trinajstić information content (AvgIpc) is 2.68. The lowest BCUT2D eigenvalue weighted by Crippen LogP contribution is -2.03. The number of aromatic nitrogens is 1. The number of nitrogens with zero attached hydrogens (tertiary/aromatic N) is 1. The first-order valence-corrected chi connectivity index (χ1v) is 5.90. The van der Waals surface area contributed by atoms with E-state index in [9.17, 15) is 4.79 Å². The molecule has 0 aliphatic carbocycles. The summed E-state index contributed by atoms with van der Waals surface area (Å²) in [6.45, 7) is 2.12. The zero-order valence-electron chi connectivity index (χ0n) is 9.34. The smallest absolute Gasteiger partial charge is 0.348 e. The number of aryl methyl sites for hydroxylation is 1. The van der Waals surface area contributed by atoms with Crippen molar-refractivity contribution in [2.75, 3.05) is 5.73 Å². The summed E-state index contributed by atoms with van der Waals surface area (Å²) in [4.78, 5) is 17.1. The summed E-state index contributed by atoms with van der Waals surface area (Å²) >= 11 is 1.35. The van der Waals surface area contributed by atoms with Crippen molar-refractivity contribution in [3.05, 3.63) is 45.9 Å². The molecule has 0 amide bonds. The highest BCUT2D eigenvalue weighted by Crippen LogP contribution is 2.24. The number of carbonyl (C=O) groups excluding carboxylic acids is 1. The van der Waals surface area contributed by atoms with Crippen LogP contribution in [0.3, 0.4) is 0 Å². The molecule has 0 fully saturated rings.